The molecule has 0 bridgehead atoms. The van der Waals surface area contributed by atoms with Crippen LogP contribution in [0.1, 0.15) is 40.5 Å². The zero-order valence-electron chi connectivity index (χ0n) is 11.9. The van der Waals surface area contributed by atoms with Gasteiger partial charge in [0.25, 0.3) is 0 Å². The van der Waals surface area contributed by atoms with E-state index in [1.165, 1.54) is 0 Å². The molecule has 0 aromatic heterocycles. The third-order valence-electron chi connectivity index (χ3n) is 3.02. The Morgan fingerprint density at radius 1 is 1.56 bits per heavy atom. The fourth-order valence-corrected chi connectivity index (χ4v) is 2.02. The summed E-state index contributed by atoms with van der Waals surface area (Å²) in [5.41, 5.74) is -0.445. The second-order valence-electron chi connectivity index (χ2n) is 5.87. The summed E-state index contributed by atoms with van der Waals surface area (Å²) in [6, 6.07) is 0.378. The van der Waals surface area contributed by atoms with Crippen LogP contribution in [0, 0.1) is 0 Å². The molecule has 0 aromatic rings. The first-order chi connectivity index (χ1) is 8.35. The number of rotatable bonds is 4. The highest BCUT2D eigenvalue weighted by Crippen LogP contribution is 2.15. The molecule has 18 heavy (non-hydrogen) atoms. The summed E-state index contributed by atoms with van der Waals surface area (Å²) in [4.78, 5) is 13.6. The summed E-state index contributed by atoms with van der Waals surface area (Å²) >= 11 is 0. The van der Waals surface area contributed by atoms with Gasteiger partial charge in [-0.3, -0.25) is 0 Å². The van der Waals surface area contributed by atoms with Crippen LogP contribution in [0.2, 0.25) is 0 Å². The normalized spacial score (nSPS) is 22.1. The lowest BCUT2D eigenvalue weighted by atomic mass is 10.2. The maximum absolute atomic E-state index is 11.9. The van der Waals surface area contributed by atoms with Crippen LogP contribution in [-0.4, -0.2) is 53.5 Å². The Kier molecular flexibility index (Phi) is 5.41. The number of hydrogen-bond acceptors (Lipinski definition) is 4. The molecule has 1 aliphatic rings. The van der Waals surface area contributed by atoms with Crippen LogP contribution in [0.25, 0.3) is 0 Å². The number of nitrogens with zero attached hydrogens (tertiary/aromatic N) is 1. The third-order valence-corrected chi connectivity index (χ3v) is 3.02. The third kappa shape index (κ3) is 4.82. The topological polar surface area (TPSA) is 61.8 Å². The largest absolute Gasteiger partial charge is 0.444 e. The summed E-state index contributed by atoms with van der Waals surface area (Å²) in [5, 5.41) is 12.5. The van der Waals surface area contributed by atoms with Crippen molar-refractivity contribution in [1.29, 1.82) is 0 Å². The molecule has 1 rings (SSSR count). The molecule has 0 spiro atoms. The van der Waals surface area contributed by atoms with Crippen LogP contribution in [-0.2, 0) is 4.74 Å². The fourth-order valence-electron chi connectivity index (χ4n) is 2.02. The molecule has 0 aromatic carbocycles. The van der Waals surface area contributed by atoms with Crippen LogP contribution in [0.4, 0.5) is 4.79 Å². The standard InChI is InChI=1S/C13H26N2O3/c1-5-10(9-16)14-11-6-7-15(8-11)12(17)18-13(2,3)4/h10-11,14,16H,5-9H2,1-4H3/t10-,11?/m1/s1. The van der Waals surface area contributed by atoms with Gasteiger partial charge < -0.3 is 20.1 Å². The van der Waals surface area contributed by atoms with Gasteiger partial charge in [-0.25, -0.2) is 4.79 Å². The summed E-state index contributed by atoms with van der Waals surface area (Å²) in [6.07, 6.45) is 1.55. The molecule has 5 nitrogen and oxygen atoms in total. The van der Waals surface area contributed by atoms with E-state index in [1.54, 1.807) is 4.90 Å². The lowest BCUT2D eigenvalue weighted by Crippen LogP contribution is -2.43. The number of nitrogens with one attached hydrogen (secondary N) is 1. The molecule has 2 N–H and O–H groups in total. The Balaban J connectivity index is 2.39. The molecule has 0 saturated carbocycles. The molecule has 1 amide bonds. The molecular formula is C13H26N2O3. The number of ether oxygens (including phenoxy) is 1. The van der Waals surface area contributed by atoms with E-state index < -0.39 is 5.60 Å². The summed E-state index contributed by atoms with van der Waals surface area (Å²) in [5.74, 6) is 0. The van der Waals surface area contributed by atoms with Gasteiger partial charge in [-0.1, -0.05) is 6.92 Å². The number of carbonyl (C=O) groups excluding carboxylic acids is 1. The van der Waals surface area contributed by atoms with Crippen molar-refractivity contribution in [2.45, 2.75) is 58.2 Å². The predicted octanol–water partition coefficient (Wildman–Crippen LogP) is 1.36. The molecule has 1 fully saturated rings. The van der Waals surface area contributed by atoms with Gasteiger partial charge in [0.05, 0.1) is 6.61 Å². The monoisotopic (exact) mass is 258 g/mol. The number of amides is 1. The van der Waals surface area contributed by atoms with Crippen LogP contribution < -0.4 is 5.32 Å². The van der Waals surface area contributed by atoms with E-state index in [2.05, 4.69) is 5.32 Å². The number of hydrogen-bond donors (Lipinski definition) is 2. The first-order valence-corrected chi connectivity index (χ1v) is 6.70. The van der Waals surface area contributed by atoms with Crippen molar-refractivity contribution in [2.75, 3.05) is 19.7 Å². The van der Waals surface area contributed by atoms with Crippen LogP contribution in [0.3, 0.4) is 0 Å². The van der Waals surface area contributed by atoms with E-state index in [1.807, 2.05) is 27.7 Å². The summed E-state index contributed by atoms with van der Waals surface area (Å²) < 4.78 is 5.34. The highest BCUT2D eigenvalue weighted by atomic mass is 16.6. The van der Waals surface area contributed by atoms with Crippen molar-refractivity contribution in [2.24, 2.45) is 0 Å². The molecule has 1 unspecified atom stereocenters. The van der Waals surface area contributed by atoms with Gasteiger partial charge >= 0.3 is 6.09 Å². The van der Waals surface area contributed by atoms with Gasteiger partial charge in [0.2, 0.25) is 0 Å². The maximum atomic E-state index is 11.9. The molecule has 0 aliphatic carbocycles. The Morgan fingerprint density at radius 2 is 2.22 bits per heavy atom. The number of carbonyl (C=O) groups is 1. The van der Waals surface area contributed by atoms with Crippen molar-refractivity contribution in [3.8, 4) is 0 Å². The average molecular weight is 258 g/mol. The second kappa shape index (κ2) is 6.38. The lowest BCUT2D eigenvalue weighted by Gasteiger charge is -2.25. The van der Waals surface area contributed by atoms with Gasteiger partial charge in [-0.05, 0) is 33.6 Å². The Labute approximate surface area is 109 Å². The fraction of sp³-hybridized carbons (Fsp3) is 0.923. The van der Waals surface area contributed by atoms with Crippen molar-refractivity contribution in [1.82, 2.24) is 10.2 Å². The molecular weight excluding hydrogens is 232 g/mol. The van der Waals surface area contributed by atoms with Gasteiger partial charge in [0.15, 0.2) is 0 Å². The summed E-state index contributed by atoms with van der Waals surface area (Å²) in [7, 11) is 0. The highest BCUT2D eigenvalue weighted by molar-refractivity contribution is 5.68. The molecule has 1 heterocycles. The Hall–Kier alpha value is -0.810. The van der Waals surface area contributed by atoms with Gasteiger partial charge in [0, 0.05) is 25.2 Å². The predicted molar refractivity (Wildman–Crippen MR) is 70.5 cm³/mol. The van der Waals surface area contributed by atoms with Crippen LogP contribution in [0.5, 0.6) is 0 Å². The molecule has 106 valence electrons. The number of aliphatic hydroxyl groups is 1. The van der Waals surface area contributed by atoms with Gasteiger partial charge in [0.1, 0.15) is 5.60 Å². The lowest BCUT2D eigenvalue weighted by molar-refractivity contribution is 0.0290. The highest BCUT2D eigenvalue weighted by Gasteiger charge is 2.30. The van der Waals surface area contributed by atoms with Crippen molar-refractivity contribution >= 4 is 6.09 Å². The van der Waals surface area contributed by atoms with E-state index in [9.17, 15) is 4.79 Å². The van der Waals surface area contributed by atoms with E-state index in [-0.39, 0.29) is 24.8 Å². The average Bonchev–Trinajstić information content (AvgIpc) is 2.72. The van der Waals surface area contributed by atoms with Crippen LogP contribution >= 0.6 is 0 Å². The van der Waals surface area contributed by atoms with E-state index in [0.29, 0.717) is 13.1 Å². The zero-order valence-corrected chi connectivity index (χ0v) is 11.9. The maximum Gasteiger partial charge on any atom is 0.410 e. The number of likely N-dealkylation sites (tertiary alicyclic amines) is 1. The minimum Gasteiger partial charge on any atom is -0.444 e. The van der Waals surface area contributed by atoms with E-state index in [4.69, 9.17) is 9.84 Å². The van der Waals surface area contributed by atoms with Gasteiger partial charge in [-0.15, -0.1) is 0 Å². The quantitative estimate of drug-likeness (QED) is 0.799. The second-order valence-corrected chi connectivity index (χ2v) is 5.87. The zero-order chi connectivity index (χ0) is 13.8. The Morgan fingerprint density at radius 3 is 2.72 bits per heavy atom. The van der Waals surface area contributed by atoms with E-state index >= 15 is 0 Å². The Bertz CT molecular complexity index is 272. The number of aliphatic hydroxyl groups excluding tert-OH is 1. The van der Waals surface area contributed by atoms with Crippen molar-refractivity contribution < 1.29 is 14.6 Å². The summed E-state index contributed by atoms with van der Waals surface area (Å²) in [6.45, 7) is 9.16. The first-order valence-electron chi connectivity index (χ1n) is 6.70. The molecule has 2 atom stereocenters. The molecule has 5 heteroatoms. The molecule has 1 aliphatic heterocycles. The van der Waals surface area contributed by atoms with E-state index in [0.717, 1.165) is 12.8 Å². The van der Waals surface area contributed by atoms with Crippen LogP contribution in [0.15, 0.2) is 0 Å². The smallest absolute Gasteiger partial charge is 0.410 e. The van der Waals surface area contributed by atoms with Gasteiger partial charge in [-0.2, -0.15) is 0 Å². The SMILES string of the molecule is CC[C@H](CO)NC1CCN(C(=O)OC(C)(C)C)C1. The molecule has 1 saturated heterocycles. The first kappa shape index (κ1) is 15.2. The minimum absolute atomic E-state index is 0.119. The van der Waals surface area contributed by atoms with Crippen molar-refractivity contribution in [3.63, 3.8) is 0 Å². The molecule has 0 radical (unpaired) electrons. The minimum atomic E-state index is -0.445. The van der Waals surface area contributed by atoms with Crippen molar-refractivity contribution in [3.05, 3.63) is 0 Å².